The average Bonchev–Trinajstić information content (AvgIpc) is 2.82. The van der Waals surface area contributed by atoms with Gasteiger partial charge >= 0.3 is 0 Å². The summed E-state index contributed by atoms with van der Waals surface area (Å²) >= 11 is 0. The van der Waals surface area contributed by atoms with Crippen LogP contribution in [-0.2, 0) is 0 Å². The minimum atomic E-state index is -0.150. The molecule has 4 aliphatic carbocycles. The van der Waals surface area contributed by atoms with Gasteiger partial charge in [0.15, 0.2) is 0 Å². The fourth-order valence-corrected chi connectivity index (χ4v) is 6.69. The van der Waals surface area contributed by atoms with Gasteiger partial charge in [-0.1, -0.05) is 26.0 Å². The largest absolute Gasteiger partial charge is 0.393 e. The van der Waals surface area contributed by atoms with Crippen molar-refractivity contribution in [3.8, 4) is 0 Å². The van der Waals surface area contributed by atoms with E-state index in [4.69, 9.17) is 0 Å². The molecule has 4 rings (SSSR count). The number of aliphatic hydroxyl groups is 2. The minimum absolute atomic E-state index is 0.131. The monoisotopic (exact) mass is 290 g/mol. The fraction of sp³-hybridized carbons (Fsp3) is 0.895. The highest BCUT2D eigenvalue weighted by Crippen LogP contribution is 2.64. The van der Waals surface area contributed by atoms with E-state index in [2.05, 4.69) is 26.0 Å². The Labute approximate surface area is 128 Å². The van der Waals surface area contributed by atoms with Gasteiger partial charge in [0.05, 0.1) is 12.2 Å². The lowest BCUT2D eigenvalue weighted by atomic mass is 9.44. The fourth-order valence-electron chi connectivity index (χ4n) is 6.69. The van der Waals surface area contributed by atoms with Gasteiger partial charge in [0.2, 0.25) is 0 Å². The molecule has 2 N–H and O–H groups in total. The molecule has 0 aromatic heterocycles. The van der Waals surface area contributed by atoms with E-state index in [-0.39, 0.29) is 12.2 Å². The zero-order valence-corrected chi connectivity index (χ0v) is 13.5. The Morgan fingerprint density at radius 1 is 1.00 bits per heavy atom. The average molecular weight is 290 g/mol. The Hall–Kier alpha value is -0.340. The van der Waals surface area contributed by atoms with Crippen molar-refractivity contribution in [2.45, 2.75) is 71.0 Å². The molecule has 118 valence electrons. The van der Waals surface area contributed by atoms with Crippen molar-refractivity contribution in [2.75, 3.05) is 0 Å². The van der Waals surface area contributed by atoms with Gasteiger partial charge in [-0.15, -0.1) is 0 Å². The van der Waals surface area contributed by atoms with E-state index in [1.54, 1.807) is 0 Å². The first-order chi connectivity index (χ1) is 9.94. The quantitative estimate of drug-likeness (QED) is 0.670. The third kappa shape index (κ3) is 1.91. The molecule has 3 saturated carbocycles. The number of aliphatic hydroxyl groups excluding tert-OH is 2. The number of fused-ring (bicyclic) bond motifs is 5. The molecule has 3 unspecified atom stereocenters. The number of hydrogen-bond donors (Lipinski definition) is 2. The predicted octanol–water partition coefficient (Wildman–Crippen LogP) is 3.53. The zero-order chi connectivity index (χ0) is 14.8. The number of allylic oxidation sites excluding steroid dienone is 2. The summed E-state index contributed by atoms with van der Waals surface area (Å²) in [5.41, 5.74) is 0.687. The maximum atomic E-state index is 10.9. The van der Waals surface area contributed by atoms with Crippen molar-refractivity contribution in [3.63, 3.8) is 0 Å². The molecule has 8 atom stereocenters. The van der Waals surface area contributed by atoms with Crippen LogP contribution in [0.5, 0.6) is 0 Å². The van der Waals surface area contributed by atoms with Crippen LogP contribution in [0.25, 0.3) is 0 Å². The Balaban J connectivity index is 1.67. The van der Waals surface area contributed by atoms with Gasteiger partial charge in [0, 0.05) is 0 Å². The summed E-state index contributed by atoms with van der Waals surface area (Å²) in [5.74, 6) is 2.32. The molecular weight excluding hydrogens is 260 g/mol. The molecule has 2 nitrogen and oxygen atoms in total. The van der Waals surface area contributed by atoms with Crippen LogP contribution in [0.2, 0.25) is 0 Å². The van der Waals surface area contributed by atoms with Gasteiger partial charge in [-0.25, -0.2) is 0 Å². The topological polar surface area (TPSA) is 40.5 Å². The minimum Gasteiger partial charge on any atom is -0.393 e. The SMILES string of the molecule is C[C@@]12C=CC[C@H]1[C@@H]1C(O)CC3CC(O)CC[C@]3(C)[C@H]1CC2. The van der Waals surface area contributed by atoms with E-state index >= 15 is 0 Å². The standard InChI is InChI=1S/C19H30O2/c1-18-7-3-4-14(18)17-15(6-8-18)19(2)9-5-13(20)10-12(19)11-16(17)21/h3,7,12-17,20-21H,4-6,8-11H2,1-2H3/t12?,13?,14-,15-,16?,17-,18-,19-/m0/s1. The predicted molar refractivity (Wildman–Crippen MR) is 83.6 cm³/mol. The van der Waals surface area contributed by atoms with Gasteiger partial charge < -0.3 is 10.2 Å². The highest BCUT2D eigenvalue weighted by molar-refractivity contribution is 5.17. The summed E-state index contributed by atoms with van der Waals surface area (Å²) in [6.45, 7) is 4.88. The van der Waals surface area contributed by atoms with Crippen LogP contribution in [0.4, 0.5) is 0 Å². The van der Waals surface area contributed by atoms with Crippen molar-refractivity contribution in [3.05, 3.63) is 12.2 Å². The Morgan fingerprint density at radius 3 is 2.62 bits per heavy atom. The lowest BCUT2D eigenvalue weighted by Crippen LogP contribution is -2.58. The van der Waals surface area contributed by atoms with Crippen LogP contribution in [0.1, 0.15) is 58.8 Å². The third-order valence-corrected chi connectivity index (χ3v) is 7.98. The molecule has 0 bridgehead atoms. The maximum Gasteiger partial charge on any atom is 0.0577 e. The second-order valence-electron chi connectivity index (χ2n) is 8.91. The van der Waals surface area contributed by atoms with E-state index < -0.39 is 0 Å². The van der Waals surface area contributed by atoms with E-state index in [0.29, 0.717) is 34.5 Å². The molecule has 3 fully saturated rings. The molecule has 0 saturated heterocycles. The van der Waals surface area contributed by atoms with E-state index in [0.717, 1.165) is 32.1 Å². The van der Waals surface area contributed by atoms with Crippen molar-refractivity contribution in [2.24, 2.45) is 34.5 Å². The molecule has 0 aliphatic heterocycles. The Kier molecular flexibility index (Phi) is 3.11. The summed E-state index contributed by atoms with van der Waals surface area (Å²) < 4.78 is 0. The van der Waals surface area contributed by atoms with Crippen molar-refractivity contribution >= 4 is 0 Å². The molecule has 0 aromatic rings. The summed E-state index contributed by atoms with van der Waals surface area (Å²) in [6.07, 6.45) is 12.2. The molecule has 0 amide bonds. The van der Waals surface area contributed by atoms with Gasteiger partial charge in [0.25, 0.3) is 0 Å². The zero-order valence-electron chi connectivity index (χ0n) is 13.5. The second-order valence-corrected chi connectivity index (χ2v) is 8.91. The smallest absolute Gasteiger partial charge is 0.0577 e. The van der Waals surface area contributed by atoms with E-state index in [9.17, 15) is 10.2 Å². The Morgan fingerprint density at radius 2 is 1.81 bits per heavy atom. The van der Waals surface area contributed by atoms with Gasteiger partial charge in [-0.2, -0.15) is 0 Å². The summed E-state index contributed by atoms with van der Waals surface area (Å²) in [7, 11) is 0. The first-order valence-corrected chi connectivity index (χ1v) is 8.98. The molecule has 2 heteroatoms. The van der Waals surface area contributed by atoms with Crippen LogP contribution in [0, 0.1) is 34.5 Å². The molecule has 21 heavy (non-hydrogen) atoms. The van der Waals surface area contributed by atoms with Gasteiger partial charge in [-0.05, 0) is 79.4 Å². The van der Waals surface area contributed by atoms with Crippen LogP contribution >= 0.6 is 0 Å². The first kappa shape index (κ1) is 14.3. The summed E-state index contributed by atoms with van der Waals surface area (Å²) in [4.78, 5) is 0. The lowest BCUT2D eigenvalue weighted by molar-refractivity contribution is -0.164. The number of rotatable bonds is 0. The van der Waals surface area contributed by atoms with Crippen LogP contribution in [0.15, 0.2) is 12.2 Å². The first-order valence-electron chi connectivity index (χ1n) is 8.98. The molecular formula is C19H30O2. The van der Waals surface area contributed by atoms with Crippen LogP contribution in [0.3, 0.4) is 0 Å². The second kappa shape index (κ2) is 4.58. The van der Waals surface area contributed by atoms with E-state index in [1.807, 2.05) is 0 Å². The number of hydrogen-bond acceptors (Lipinski definition) is 2. The van der Waals surface area contributed by atoms with Crippen molar-refractivity contribution in [1.82, 2.24) is 0 Å². The highest BCUT2D eigenvalue weighted by Gasteiger charge is 2.59. The molecule has 0 spiro atoms. The summed E-state index contributed by atoms with van der Waals surface area (Å²) in [6, 6.07) is 0. The van der Waals surface area contributed by atoms with Crippen molar-refractivity contribution < 1.29 is 10.2 Å². The van der Waals surface area contributed by atoms with Crippen LogP contribution < -0.4 is 0 Å². The maximum absolute atomic E-state index is 10.9. The summed E-state index contributed by atoms with van der Waals surface area (Å²) in [5, 5.41) is 20.9. The van der Waals surface area contributed by atoms with Gasteiger partial charge in [0.1, 0.15) is 0 Å². The molecule has 0 aromatic carbocycles. The third-order valence-electron chi connectivity index (χ3n) is 7.98. The highest BCUT2D eigenvalue weighted by atomic mass is 16.3. The van der Waals surface area contributed by atoms with Crippen molar-refractivity contribution in [1.29, 1.82) is 0 Å². The molecule has 0 radical (unpaired) electrons. The van der Waals surface area contributed by atoms with Gasteiger partial charge in [-0.3, -0.25) is 0 Å². The molecule has 0 heterocycles. The van der Waals surface area contributed by atoms with E-state index in [1.165, 1.54) is 12.8 Å². The van der Waals surface area contributed by atoms with Crippen LogP contribution in [-0.4, -0.2) is 22.4 Å². The lowest BCUT2D eigenvalue weighted by Gasteiger charge is -2.61. The normalized spacial score (nSPS) is 59.2. The molecule has 4 aliphatic rings. The Bertz CT molecular complexity index is 458.